The molecule has 2 N–H and O–H groups in total. The molecule has 0 aromatic heterocycles. The maximum atomic E-state index is 6.04. The Labute approximate surface area is 111 Å². The molecule has 1 aromatic rings. The Hall–Kier alpha value is -1.02. The fraction of sp³-hybridized carbons (Fsp3) is 0.625. The number of rotatable bonds is 4. The van der Waals surface area contributed by atoms with Crippen molar-refractivity contribution in [1.82, 2.24) is 0 Å². The van der Waals surface area contributed by atoms with Gasteiger partial charge in [-0.15, -0.1) is 0 Å². The highest BCUT2D eigenvalue weighted by molar-refractivity contribution is 5.31. The lowest BCUT2D eigenvalue weighted by atomic mass is 9.81. The van der Waals surface area contributed by atoms with Gasteiger partial charge in [-0.1, -0.05) is 37.8 Å². The van der Waals surface area contributed by atoms with Crippen molar-refractivity contribution in [2.75, 3.05) is 13.7 Å². The Morgan fingerprint density at radius 3 is 2.56 bits per heavy atom. The first kappa shape index (κ1) is 13.4. The highest BCUT2D eigenvalue weighted by atomic mass is 16.5. The van der Waals surface area contributed by atoms with Crippen LogP contribution in [-0.2, 0) is 0 Å². The van der Waals surface area contributed by atoms with Gasteiger partial charge in [0.05, 0.1) is 7.11 Å². The number of methoxy groups -OCH3 is 1. The molecule has 2 nitrogen and oxygen atoms in total. The summed E-state index contributed by atoms with van der Waals surface area (Å²) in [6, 6.07) is 8.44. The fourth-order valence-electron chi connectivity index (χ4n) is 3.19. The van der Waals surface area contributed by atoms with E-state index in [0.29, 0.717) is 5.92 Å². The van der Waals surface area contributed by atoms with Gasteiger partial charge in [-0.25, -0.2) is 0 Å². The lowest BCUT2D eigenvalue weighted by Gasteiger charge is -2.25. The van der Waals surface area contributed by atoms with Crippen molar-refractivity contribution >= 4 is 0 Å². The monoisotopic (exact) mass is 247 g/mol. The van der Waals surface area contributed by atoms with E-state index in [0.717, 1.165) is 18.2 Å². The summed E-state index contributed by atoms with van der Waals surface area (Å²) in [7, 11) is 1.72. The summed E-state index contributed by atoms with van der Waals surface area (Å²) in [4.78, 5) is 0. The fourth-order valence-corrected chi connectivity index (χ4v) is 3.19. The summed E-state index contributed by atoms with van der Waals surface area (Å²) in [6.07, 6.45) is 8.19. The van der Waals surface area contributed by atoms with Crippen LogP contribution in [0.3, 0.4) is 0 Å². The second-order valence-corrected chi connectivity index (χ2v) is 5.37. The normalized spacial score (nSPS) is 19.2. The van der Waals surface area contributed by atoms with E-state index in [1.54, 1.807) is 7.11 Å². The molecule has 1 aliphatic rings. The summed E-state index contributed by atoms with van der Waals surface area (Å²) in [6.45, 7) is 0.748. The molecule has 0 aliphatic heterocycles. The number of hydrogen-bond acceptors (Lipinski definition) is 2. The molecule has 0 spiro atoms. The predicted octanol–water partition coefficient (Wildman–Crippen LogP) is 3.71. The Bertz CT molecular complexity index is 356. The molecule has 1 fully saturated rings. The molecular weight excluding hydrogens is 222 g/mol. The molecule has 0 heterocycles. The van der Waals surface area contributed by atoms with Gasteiger partial charge in [0.2, 0.25) is 0 Å². The van der Waals surface area contributed by atoms with Gasteiger partial charge < -0.3 is 10.5 Å². The van der Waals surface area contributed by atoms with Gasteiger partial charge in [-0.3, -0.25) is 0 Å². The third-order valence-corrected chi connectivity index (χ3v) is 4.24. The topological polar surface area (TPSA) is 35.2 Å². The van der Waals surface area contributed by atoms with Gasteiger partial charge >= 0.3 is 0 Å². The van der Waals surface area contributed by atoms with Gasteiger partial charge in [0.25, 0.3) is 0 Å². The molecule has 1 saturated carbocycles. The highest BCUT2D eigenvalue weighted by Crippen LogP contribution is 2.35. The Morgan fingerprint density at radius 2 is 1.94 bits per heavy atom. The molecule has 1 aromatic carbocycles. The van der Waals surface area contributed by atoms with Crippen molar-refractivity contribution in [1.29, 1.82) is 0 Å². The van der Waals surface area contributed by atoms with Crippen molar-refractivity contribution in [3.05, 3.63) is 29.8 Å². The van der Waals surface area contributed by atoms with Crippen LogP contribution in [0.5, 0.6) is 5.75 Å². The van der Waals surface area contributed by atoms with E-state index in [2.05, 4.69) is 18.2 Å². The third-order valence-electron chi connectivity index (χ3n) is 4.24. The minimum absolute atomic E-state index is 0.498. The van der Waals surface area contributed by atoms with Gasteiger partial charge in [0.1, 0.15) is 5.75 Å². The molecular formula is C16H25NO. The van der Waals surface area contributed by atoms with Crippen molar-refractivity contribution in [2.45, 2.75) is 44.4 Å². The molecule has 0 bridgehead atoms. The van der Waals surface area contributed by atoms with Crippen molar-refractivity contribution in [3.63, 3.8) is 0 Å². The van der Waals surface area contributed by atoms with E-state index in [1.807, 2.05) is 6.07 Å². The van der Waals surface area contributed by atoms with Gasteiger partial charge in [-0.05, 0) is 48.9 Å². The molecule has 0 saturated heterocycles. The second-order valence-electron chi connectivity index (χ2n) is 5.37. The van der Waals surface area contributed by atoms with Crippen LogP contribution in [0.1, 0.15) is 50.0 Å². The van der Waals surface area contributed by atoms with Crippen LogP contribution in [0.4, 0.5) is 0 Å². The molecule has 18 heavy (non-hydrogen) atoms. The van der Waals surface area contributed by atoms with Crippen LogP contribution in [0.2, 0.25) is 0 Å². The lowest BCUT2D eigenvalue weighted by molar-refractivity contribution is 0.376. The maximum Gasteiger partial charge on any atom is 0.119 e. The molecule has 0 amide bonds. The Morgan fingerprint density at radius 1 is 1.22 bits per heavy atom. The quantitative estimate of drug-likeness (QED) is 0.823. The smallest absolute Gasteiger partial charge is 0.119 e. The molecule has 1 unspecified atom stereocenters. The molecule has 2 rings (SSSR count). The number of benzene rings is 1. The molecule has 0 radical (unpaired) electrons. The average molecular weight is 247 g/mol. The summed E-state index contributed by atoms with van der Waals surface area (Å²) < 4.78 is 5.32. The third kappa shape index (κ3) is 3.26. The predicted molar refractivity (Wildman–Crippen MR) is 76.0 cm³/mol. The first-order valence-electron chi connectivity index (χ1n) is 7.19. The summed E-state index contributed by atoms with van der Waals surface area (Å²) in [5.41, 5.74) is 7.39. The van der Waals surface area contributed by atoms with E-state index < -0.39 is 0 Å². The summed E-state index contributed by atoms with van der Waals surface area (Å²) in [5, 5.41) is 0. The zero-order valence-electron chi connectivity index (χ0n) is 11.4. The summed E-state index contributed by atoms with van der Waals surface area (Å²) in [5.74, 6) is 2.20. The zero-order chi connectivity index (χ0) is 12.8. The van der Waals surface area contributed by atoms with Crippen LogP contribution in [0.15, 0.2) is 24.3 Å². The molecule has 1 atom stereocenters. The van der Waals surface area contributed by atoms with Gasteiger partial charge in [0, 0.05) is 0 Å². The minimum Gasteiger partial charge on any atom is -0.497 e. The van der Waals surface area contributed by atoms with Gasteiger partial charge in [0.15, 0.2) is 0 Å². The zero-order valence-corrected chi connectivity index (χ0v) is 11.4. The average Bonchev–Trinajstić information content (AvgIpc) is 2.69. The Kier molecular flexibility index (Phi) is 5.06. The lowest BCUT2D eigenvalue weighted by Crippen LogP contribution is -2.21. The van der Waals surface area contributed by atoms with Crippen LogP contribution in [0.25, 0.3) is 0 Å². The minimum atomic E-state index is 0.498. The van der Waals surface area contributed by atoms with Crippen molar-refractivity contribution < 1.29 is 4.74 Å². The largest absolute Gasteiger partial charge is 0.497 e. The number of ether oxygens (including phenoxy) is 1. The van der Waals surface area contributed by atoms with E-state index >= 15 is 0 Å². The van der Waals surface area contributed by atoms with Crippen LogP contribution in [0, 0.1) is 5.92 Å². The standard InChI is InChI=1S/C16H25NO/c1-18-15-10-6-9-14(11-15)16(12-17)13-7-4-2-3-5-8-13/h6,9-11,13,16H,2-5,7-8,12,17H2,1H3. The van der Waals surface area contributed by atoms with Crippen LogP contribution >= 0.6 is 0 Å². The van der Waals surface area contributed by atoms with E-state index in [-0.39, 0.29) is 0 Å². The van der Waals surface area contributed by atoms with Crippen molar-refractivity contribution in [2.24, 2.45) is 11.7 Å². The molecule has 2 heteroatoms. The molecule has 1 aliphatic carbocycles. The van der Waals surface area contributed by atoms with Gasteiger partial charge in [-0.2, -0.15) is 0 Å². The van der Waals surface area contributed by atoms with E-state index in [9.17, 15) is 0 Å². The van der Waals surface area contributed by atoms with E-state index in [4.69, 9.17) is 10.5 Å². The number of hydrogen-bond donors (Lipinski definition) is 1. The maximum absolute atomic E-state index is 6.04. The second kappa shape index (κ2) is 6.79. The first-order valence-corrected chi connectivity index (χ1v) is 7.19. The Balaban J connectivity index is 2.15. The highest BCUT2D eigenvalue weighted by Gasteiger charge is 2.23. The SMILES string of the molecule is COc1cccc(C(CN)C2CCCCCC2)c1. The number of nitrogens with two attached hydrogens (primary N) is 1. The van der Waals surface area contributed by atoms with Crippen LogP contribution in [-0.4, -0.2) is 13.7 Å². The van der Waals surface area contributed by atoms with Crippen LogP contribution < -0.4 is 10.5 Å². The summed E-state index contributed by atoms with van der Waals surface area (Å²) >= 11 is 0. The van der Waals surface area contributed by atoms with Crippen molar-refractivity contribution in [3.8, 4) is 5.75 Å². The first-order chi connectivity index (χ1) is 8.85. The molecule has 100 valence electrons. The van der Waals surface area contributed by atoms with E-state index in [1.165, 1.54) is 44.1 Å².